The first kappa shape index (κ1) is 21.4. The van der Waals surface area contributed by atoms with Crippen LogP contribution in [0.3, 0.4) is 0 Å². The summed E-state index contributed by atoms with van der Waals surface area (Å²) in [6, 6.07) is 13.1. The number of likely N-dealkylation sites (tertiary alicyclic amines) is 1. The van der Waals surface area contributed by atoms with E-state index in [4.69, 9.17) is 9.47 Å². The molecule has 0 aliphatic carbocycles. The van der Waals surface area contributed by atoms with Gasteiger partial charge in [0.25, 0.3) is 0 Å². The number of para-hydroxylation sites is 1. The first-order chi connectivity index (χ1) is 15.6. The van der Waals surface area contributed by atoms with Crippen LogP contribution in [-0.4, -0.2) is 54.8 Å². The van der Waals surface area contributed by atoms with Crippen LogP contribution >= 0.6 is 0 Å². The fraction of sp³-hybridized carbons (Fsp3) is 0.481. The first-order valence-electron chi connectivity index (χ1n) is 11.9. The van der Waals surface area contributed by atoms with Gasteiger partial charge < -0.3 is 18.9 Å². The standard InChI is InChI=1S/C27H35N3O2/c1-28-17-21(24-8-4-5-9-25(24)28)7-6-11-29-12-10-20(15-29)16-30-18-22-13-26(31-2)27(32-3)14-23(22)19-30/h4-5,8-9,13-14,17,20H,6-7,10-12,15-16,18-19H2,1-3H3. The van der Waals surface area contributed by atoms with E-state index in [9.17, 15) is 0 Å². The molecule has 1 aromatic heterocycles. The first-order valence-corrected chi connectivity index (χ1v) is 11.9. The summed E-state index contributed by atoms with van der Waals surface area (Å²) in [7, 11) is 5.58. The molecular formula is C27H35N3O2. The lowest BCUT2D eigenvalue weighted by Crippen LogP contribution is -2.28. The van der Waals surface area contributed by atoms with Gasteiger partial charge in [-0.05, 0) is 73.2 Å². The predicted molar refractivity (Wildman–Crippen MR) is 129 cm³/mol. The highest BCUT2D eigenvalue weighted by Crippen LogP contribution is 2.35. The molecule has 2 aliphatic heterocycles. The molecule has 170 valence electrons. The Morgan fingerprint density at radius 3 is 2.41 bits per heavy atom. The number of aryl methyl sites for hydroxylation is 2. The lowest BCUT2D eigenvalue weighted by molar-refractivity contribution is 0.229. The van der Waals surface area contributed by atoms with E-state index in [0.717, 1.165) is 36.9 Å². The Morgan fingerprint density at radius 2 is 1.69 bits per heavy atom. The third-order valence-electron chi connectivity index (χ3n) is 7.28. The van der Waals surface area contributed by atoms with E-state index < -0.39 is 0 Å². The fourth-order valence-corrected chi connectivity index (χ4v) is 5.67. The molecule has 1 saturated heterocycles. The molecule has 3 aromatic rings. The lowest BCUT2D eigenvalue weighted by atomic mass is 10.1. The Morgan fingerprint density at radius 1 is 0.969 bits per heavy atom. The molecule has 5 heteroatoms. The van der Waals surface area contributed by atoms with Gasteiger partial charge in [0.05, 0.1) is 14.2 Å². The Balaban J connectivity index is 1.10. The molecular weight excluding hydrogens is 398 g/mol. The summed E-state index contributed by atoms with van der Waals surface area (Å²) in [5, 5.41) is 1.41. The van der Waals surface area contributed by atoms with Crippen LogP contribution in [0.4, 0.5) is 0 Å². The van der Waals surface area contributed by atoms with Crippen molar-refractivity contribution in [2.24, 2.45) is 13.0 Å². The van der Waals surface area contributed by atoms with Gasteiger partial charge in [-0.3, -0.25) is 4.90 Å². The van der Waals surface area contributed by atoms with Crippen LogP contribution in [0.2, 0.25) is 0 Å². The van der Waals surface area contributed by atoms with E-state index >= 15 is 0 Å². The van der Waals surface area contributed by atoms with Crippen molar-refractivity contribution in [1.29, 1.82) is 0 Å². The summed E-state index contributed by atoms with van der Waals surface area (Å²) in [6.07, 6.45) is 6.02. The molecule has 3 heterocycles. The Bertz CT molecular complexity index is 1060. The predicted octanol–water partition coefficient (Wildman–Crippen LogP) is 4.47. The molecule has 0 radical (unpaired) electrons. The van der Waals surface area contributed by atoms with Crippen molar-refractivity contribution in [3.8, 4) is 11.5 Å². The molecule has 0 spiro atoms. The Kier molecular flexibility index (Phi) is 6.11. The van der Waals surface area contributed by atoms with Crippen LogP contribution in [0.1, 0.15) is 29.5 Å². The number of methoxy groups -OCH3 is 2. The molecule has 1 unspecified atom stereocenters. The zero-order valence-electron chi connectivity index (χ0n) is 19.6. The molecule has 0 amide bonds. The molecule has 0 N–H and O–H groups in total. The maximum absolute atomic E-state index is 5.49. The number of hydrogen-bond acceptors (Lipinski definition) is 4. The van der Waals surface area contributed by atoms with Gasteiger partial charge in [-0.1, -0.05) is 18.2 Å². The number of hydrogen-bond donors (Lipinski definition) is 0. The average Bonchev–Trinajstić information content (AvgIpc) is 3.50. The summed E-state index contributed by atoms with van der Waals surface area (Å²) < 4.78 is 13.2. The zero-order valence-corrected chi connectivity index (χ0v) is 19.6. The summed E-state index contributed by atoms with van der Waals surface area (Å²) in [6.45, 7) is 6.89. The van der Waals surface area contributed by atoms with Crippen molar-refractivity contribution in [3.05, 3.63) is 59.3 Å². The molecule has 1 atom stereocenters. The maximum Gasteiger partial charge on any atom is 0.161 e. The van der Waals surface area contributed by atoms with E-state index in [1.165, 1.54) is 66.6 Å². The van der Waals surface area contributed by atoms with E-state index in [-0.39, 0.29) is 0 Å². The van der Waals surface area contributed by atoms with Crippen molar-refractivity contribution in [2.75, 3.05) is 40.4 Å². The van der Waals surface area contributed by atoms with Crippen molar-refractivity contribution < 1.29 is 9.47 Å². The minimum absolute atomic E-state index is 0.769. The van der Waals surface area contributed by atoms with Gasteiger partial charge in [0.1, 0.15) is 0 Å². The minimum Gasteiger partial charge on any atom is -0.493 e. The van der Waals surface area contributed by atoms with E-state index in [1.54, 1.807) is 14.2 Å². The Hall–Kier alpha value is -2.50. The van der Waals surface area contributed by atoms with E-state index in [2.05, 4.69) is 64.0 Å². The van der Waals surface area contributed by atoms with Crippen molar-refractivity contribution in [3.63, 3.8) is 0 Å². The molecule has 32 heavy (non-hydrogen) atoms. The lowest BCUT2D eigenvalue weighted by Gasteiger charge is -2.20. The third kappa shape index (κ3) is 4.24. The smallest absolute Gasteiger partial charge is 0.161 e. The number of fused-ring (bicyclic) bond motifs is 2. The largest absolute Gasteiger partial charge is 0.493 e. The highest BCUT2D eigenvalue weighted by atomic mass is 16.5. The second kappa shape index (κ2) is 9.16. The van der Waals surface area contributed by atoms with E-state index in [1.807, 2.05) is 0 Å². The SMILES string of the molecule is COc1cc2c(cc1OC)CN(CC1CCN(CCCc3cn(C)c4ccccc34)C1)C2. The molecule has 2 aliphatic rings. The topological polar surface area (TPSA) is 29.9 Å². The van der Waals surface area contributed by atoms with Gasteiger partial charge in [-0.15, -0.1) is 0 Å². The second-order valence-electron chi connectivity index (χ2n) is 9.49. The molecule has 2 aromatic carbocycles. The second-order valence-corrected chi connectivity index (χ2v) is 9.49. The van der Waals surface area contributed by atoms with Crippen molar-refractivity contribution >= 4 is 10.9 Å². The van der Waals surface area contributed by atoms with Gasteiger partial charge in [-0.2, -0.15) is 0 Å². The van der Waals surface area contributed by atoms with Gasteiger partial charge in [-0.25, -0.2) is 0 Å². The number of rotatable bonds is 8. The Labute approximate surface area is 191 Å². The summed E-state index contributed by atoms with van der Waals surface area (Å²) in [5.41, 5.74) is 5.59. The van der Waals surface area contributed by atoms with Gasteiger partial charge in [0.15, 0.2) is 11.5 Å². The molecule has 0 saturated carbocycles. The monoisotopic (exact) mass is 433 g/mol. The normalized spacial score (nSPS) is 19.0. The van der Waals surface area contributed by atoms with Crippen LogP contribution in [0.5, 0.6) is 11.5 Å². The maximum atomic E-state index is 5.49. The quantitative estimate of drug-likeness (QED) is 0.524. The van der Waals surface area contributed by atoms with Crippen molar-refractivity contribution in [1.82, 2.24) is 14.4 Å². The number of aromatic nitrogens is 1. The van der Waals surface area contributed by atoms with Gasteiger partial charge >= 0.3 is 0 Å². The molecule has 1 fully saturated rings. The molecule has 5 rings (SSSR count). The highest BCUT2D eigenvalue weighted by molar-refractivity contribution is 5.83. The van der Waals surface area contributed by atoms with Gasteiger partial charge in [0, 0.05) is 50.3 Å². The highest BCUT2D eigenvalue weighted by Gasteiger charge is 2.28. The molecule has 0 bridgehead atoms. The van der Waals surface area contributed by atoms with E-state index in [0.29, 0.717) is 0 Å². The summed E-state index contributed by atoms with van der Waals surface area (Å²) in [4.78, 5) is 5.26. The number of ether oxygens (including phenoxy) is 2. The van der Waals surface area contributed by atoms with Crippen LogP contribution in [0.15, 0.2) is 42.6 Å². The van der Waals surface area contributed by atoms with Crippen molar-refractivity contribution in [2.45, 2.75) is 32.4 Å². The van der Waals surface area contributed by atoms with Crippen LogP contribution < -0.4 is 9.47 Å². The molecule has 5 nitrogen and oxygen atoms in total. The number of nitrogens with zero attached hydrogens (tertiary/aromatic N) is 3. The van der Waals surface area contributed by atoms with Crippen LogP contribution in [0.25, 0.3) is 10.9 Å². The van der Waals surface area contributed by atoms with Crippen LogP contribution in [-0.2, 0) is 26.6 Å². The van der Waals surface area contributed by atoms with Gasteiger partial charge in [0.2, 0.25) is 0 Å². The summed E-state index contributed by atoms with van der Waals surface area (Å²) in [5.74, 6) is 2.45. The third-order valence-corrected chi connectivity index (χ3v) is 7.28. The average molecular weight is 434 g/mol. The fourth-order valence-electron chi connectivity index (χ4n) is 5.67. The summed E-state index contributed by atoms with van der Waals surface area (Å²) >= 11 is 0. The number of benzene rings is 2. The zero-order chi connectivity index (χ0) is 22.1. The minimum atomic E-state index is 0.769. The van der Waals surface area contributed by atoms with Crippen LogP contribution in [0, 0.1) is 5.92 Å².